The van der Waals surface area contributed by atoms with Crippen molar-refractivity contribution in [3.8, 4) is 0 Å². The quantitative estimate of drug-likeness (QED) is 0.511. The maximum Gasteiger partial charge on any atom is 0.306 e. The summed E-state index contributed by atoms with van der Waals surface area (Å²) in [6.45, 7) is 8.19. The second-order valence-corrected chi connectivity index (χ2v) is 4.04. The summed E-state index contributed by atoms with van der Waals surface area (Å²) in [4.78, 5) is 15.7. The lowest BCUT2D eigenvalue weighted by molar-refractivity contribution is -0.141. The van der Waals surface area contributed by atoms with E-state index in [1.54, 1.807) is 0 Å². The highest BCUT2D eigenvalue weighted by Crippen LogP contribution is 2.02. The molecule has 1 saturated heterocycles. The molecule has 0 aromatic heterocycles. The van der Waals surface area contributed by atoms with E-state index in [9.17, 15) is 4.79 Å². The molecule has 1 rings (SSSR count). The number of carbonyl (C=O) groups is 1. The van der Waals surface area contributed by atoms with Gasteiger partial charge >= 0.3 is 5.97 Å². The first-order valence-corrected chi connectivity index (χ1v) is 5.89. The fourth-order valence-electron chi connectivity index (χ4n) is 1.80. The minimum atomic E-state index is -0.114. The van der Waals surface area contributed by atoms with Crippen LogP contribution in [-0.4, -0.2) is 62.1 Å². The molecule has 4 heteroatoms. The molecule has 4 nitrogen and oxygen atoms in total. The molecule has 0 aromatic rings. The first-order chi connectivity index (χ1) is 7.76. The minimum absolute atomic E-state index is 0.114. The monoisotopic (exact) mass is 226 g/mol. The van der Waals surface area contributed by atoms with E-state index in [4.69, 9.17) is 0 Å². The highest BCUT2D eigenvalue weighted by atomic mass is 16.5. The van der Waals surface area contributed by atoms with Crippen molar-refractivity contribution >= 4 is 5.97 Å². The molecule has 0 aliphatic carbocycles. The molecule has 1 aliphatic heterocycles. The molecule has 1 aliphatic rings. The second-order valence-electron chi connectivity index (χ2n) is 4.04. The molecule has 0 radical (unpaired) electrons. The molecule has 0 atom stereocenters. The summed E-state index contributed by atoms with van der Waals surface area (Å²) in [5.74, 6) is -0.114. The van der Waals surface area contributed by atoms with Gasteiger partial charge in [-0.2, -0.15) is 0 Å². The summed E-state index contributed by atoms with van der Waals surface area (Å²) in [7, 11) is 1.44. The maximum absolute atomic E-state index is 11.0. The van der Waals surface area contributed by atoms with Crippen molar-refractivity contribution in [2.45, 2.75) is 13.3 Å². The van der Waals surface area contributed by atoms with Gasteiger partial charge in [0, 0.05) is 39.3 Å². The van der Waals surface area contributed by atoms with E-state index >= 15 is 0 Å². The van der Waals surface area contributed by atoms with Crippen molar-refractivity contribution in [3.63, 3.8) is 0 Å². The molecular weight excluding hydrogens is 204 g/mol. The summed E-state index contributed by atoms with van der Waals surface area (Å²) >= 11 is 0. The first kappa shape index (κ1) is 13.2. The van der Waals surface area contributed by atoms with Gasteiger partial charge in [0.1, 0.15) is 0 Å². The summed E-state index contributed by atoms with van der Waals surface area (Å²) in [6.07, 6.45) is 4.78. The summed E-state index contributed by atoms with van der Waals surface area (Å²) in [5, 5.41) is 0. The van der Waals surface area contributed by atoms with E-state index < -0.39 is 0 Å². The Labute approximate surface area is 97.9 Å². The molecule has 92 valence electrons. The Balaban J connectivity index is 2.14. The van der Waals surface area contributed by atoms with Gasteiger partial charge in [0.05, 0.1) is 13.5 Å². The van der Waals surface area contributed by atoms with Crippen LogP contribution >= 0.6 is 0 Å². The third-order valence-corrected chi connectivity index (χ3v) is 2.92. The van der Waals surface area contributed by atoms with Gasteiger partial charge in [0.2, 0.25) is 0 Å². The molecule has 0 unspecified atom stereocenters. The average Bonchev–Trinajstić information content (AvgIpc) is 2.34. The second kappa shape index (κ2) is 7.41. The van der Waals surface area contributed by atoms with Gasteiger partial charge in [-0.3, -0.25) is 9.69 Å². The summed E-state index contributed by atoms with van der Waals surface area (Å²) < 4.78 is 4.63. The SMILES string of the molecule is C/C=C/CN1CCN(CCC(=O)OC)CC1. The van der Waals surface area contributed by atoms with Gasteiger partial charge in [0.25, 0.3) is 0 Å². The van der Waals surface area contributed by atoms with Crippen LogP contribution < -0.4 is 0 Å². The number of carbonyl (C=O) groups excluding carboxylic acids is 1. The Hall–Kier alpha value is -0.870. The van der Waals surface area contributed by atoms with Crippen LogP contribution in [0.1, 0.15) is 13.3 Å². The largest absolute Gasteiger partial charge is 0.469 e. The summed E-state index contributed by atoms with van der Waals surface area (Å²) in [6, 6.07) is 0. The zero-order chi connectivity index (χ0) is 11.8. The standard InChI is InChI=1S/C12H22N2O2/c1-3-4-6-13-8-10-14(11-9-13)7-5-12(15)16-2/h3-4H,5-11H2,1-2H3/b4-3+. The minimum Gasteiger partial charge on any atom is -0.469 e. The highest BCUT2D eigenvalue weighted by molar-refractivity contribution is 5.69. The van der Waals surface area contributed by atoms with E-state index in [0.29, 0.717) is 6.42 Å². The number of hydrogen-bond donors (Lipinski definition) is 0. The van der Waals surface area contributed by atoms with Crippen LogP contribution in [0.15, 0.2) is 12.2 Å². The Morgan fingerprint density at radius 3 is 2.44 bits per heavy atom. The number of piperazine rings is 1. The number of methoxy groups -OCH3 is 1. The van der Waals surface area contributed by atoms with Crippen LogP contribution in [0.2, 0.25) is 0 Å². The van der Waals surface area contributed by atoms with Crippen LogP contribution in [0, 0.1) is 0 Å². The van der Waals surface area contributed by atoms with Crippen molar-refractivity contribution in [1.29, 1.82) is 0 Å². The van der Waals surface area contributed by atoms with E-state index in [1.165, 1.54) is 7.11 Å². The van der Waals surface area contributed by atoms with Crippen molar-refractivity contribution in [2.75, 3.05) is 46.4 Å². The lowest BCUT2D eigenvalue weighted by atomic mass is 10.3. The number of esters is 1. The Morgan fingerprint density at radius 2 is 1.88 bits per heavy atom. The van der Waals surface area contributed by atoms with Gasteiger partial charge in [-0.25, -0.2) is 0 Å². The first-order valence-electron chi connectivity index (χ1n) is 5.89. The van der Waals surface area contributed by atoms with Gasteiger partial charge in [0.15, 0.2) is 0 Å². The number of hydrogen-bond acceptors (Lipinski definition) is 4. The molecule has 1 heterocycles. The number of allylic oxidation sites excluding steroid dienone is 1. The maximum atomic E-state index is 11.0. The molecule has 0 aromatic carbocycles. The molecule has 1 fully saturated rings. The molecule has 0 amide bonds. The van der Waals surface area contributed by atoms with Crippen LogP contribution in [0.25, 0.3) is 0 Å². The molecule has 0 saturated carbocycles. The van der Waals surface area contributed by atoms with Crippen molar-refractivity contribution in [3.05, 3.63) is 12.2 Å². The topological polar surface area (TPSA) is 32.8 Å². The molecule has 0 bridgehead atoms. The number of rotatable bonds is 5. The lowest BCUT2D eigenvalue weighted by Gasteiger charge is -2.33. The van der Waals surface area contributed by atoms with Crippen LogP contribution in [-0.2, 0) is 9.53 Å². The normalized spacial score (nSPS) is 19.1. The Bertz CT molecular complexity index is 233. The fourth-order valence-corrected chi connectivity index (χ4v) is 1.80. The average molecular weight is 226 g/mol. The van der Waals surface area contributed by atoms with E-state index in [2.05, 4.69) is 26.7 Å². The molecule has 16 heavy (non-hydrogen) atoms. The van der Waals surface area contributed by atoms with Crippen LogP contribution in [0.3, 0.4) is 0 Å². The zero-order valence-corrected chi connectivity index (χ0v) is 10.3. The molecule has 0 N–H and O–H groups in total. The van der Waals surface area contributed by atoms with E-state index in [1.807, 2.05) is 6.92 Å². The van der Waals surface area contributed by atoms with Gasteiger partial charge < -0.3 is 9.64 Å². The highest BCUT2D eigenvalue weighted by Gasteiger charge is 2.16. The van der Waals surface area contributed by atoms with Crippen LogP contribution in [0.5, 0.6) is 0 Å². The van der Waals surface area contributed by atoms with E-state index in [0.717, 1.165) is 39.3 Å². The number of nitrogens with zero attached hydrogens (tertiary/aromatic N) is 2. The van der Waals surface area contributed by atoms with Crippen molar-refractivity contribution in [2.24, 2.45) is 0 Å². The third-order valence-electron chi connectivity index (χ3n) is 2.92. The zero-order valence-electron chi connectivity index (χ0n) is 10.3. The predicted octanol–water partition coefficient (Wildman–Crippen LogP) is 0.743. The number of ether oxygens (including phenoxy) is 1. The third kappa shape index (κ3) is 4.77. The van der Waals surface area contributed by atoms with E-state index in [-0.39, 0.29) is 5.97 Å². The van der Waals surface area contributed by atoms with Gasteiger partial charge in [-0.05, 0) is 6.92 Å². The Morgan fingerprint density at radius 1 is 1.25 bits per heavy atom. The predicted molar refractivity (Wildman–Crippen MR) is 64.3 cm³/mol. The molecular formula is C12H22N2O2. The smallest absolute Gasteiger partial charge is 0.306 e. The van der Waals surface area contributed by atoms with Gasteiger partial charge in [-0.1, -0.05) is 12.2 Å². The fraction of sp³-hybridized carbons (Fsp3) is 0.750. The lowest BCUT2D eigenvalue weighted by Crippen LogP contribution is -2.46. The van der Waals surface area contributed by atoms with Crippen molar-refractivity contribution in [1.82, 2.24) is 9.80 Å². The summed E-state index contributed by atoms with van der Waals surface area (Å²) in [5.41, 5.74) is 0. The van der Waals surface area contributed by atoms with Crippen LogP contribution in [0.4, 0.5) is 0 Å². The molecule has 0 spiro atoms. The Kier molecular flexibility index (Phi) is 6.11. The van der Waals surface area contributed by atoms with Crippen molar-refractivity contribution < 1.29 is 9.53 Å². The van der Waals surface area contributed by atoms with Gasteiger partial charge in [-0.15, -0.1) is 0 Å².